The zero-order valence-corrected chi connectivity index (χ0v) is 41.8. The summed E-state index contributed by atoms with van der Waals surface area (Å²) in [6, 6.07) is 77.6. The highest BCUT2D eigenvalue weighted by Crippen LogP contribution is 2.64. The Balaban J connectivity index is 1.06. The van der Waals surface area contributed by atoms with Gasteiger partial charge in [0.05, 0.1) is 5.41 Å². The fourth-order valence-corrected chi connectivity index (χ4v) is 11.5. The summed E-state index contributed by atoms with van der Waals surface area (Å²) in [7, 11) is 16.7. The van der Waals surface area contributed by atoms with Crippen LogP contribution in [0.4, 0.5) is 56.9 Å². The Morgan fingerprint density at radius 1 is 0.254 bits per heavy atom. The van der Waals surface area contributed by atoms with Gasteiger partial charge < -0.3 is 29.4 Å². The monoisotopic (exact) mass is 922 g/mol. The van der Waals surface area contributed by atoms with E-state index in [-0.39, 0.29) is 0 Å². The Bertz CT molecular complexity index is 3500. The minimum atomic E-state index is -0.545. The van der Waals surface area contributed by atoms with Gasteiger partial charge in [0.15, 0.2) is 0 Å². The molecular weight excluding hydrogens is 865 g/mol. The number of fused-ring (bicyclic) bond motifs is 13. The lowest BCUT2D eigenvalue weighted by Crippen LogP contribution is -2.26. The standard InChI is InChI=1S/C65H58N6/c1-66(2)46-20-28-50(29-21-46)70(51-30-22-47(23-31-51)67(3)4)54-19-17-43-41-60-59-37-18-44-39-55(71(52-32-24-48(25-33-52)68(5)6)53-34-26-49(27-35-53)69(7)8)36-38-56(44)64(59)65(63(60)42-45(43)40-54)61-15-11-9-13-57(61)58-14-10-12-16-62(58)65/h9-42H,1-8H3. The van der Waals surface area contributed by atoms with Crippen molar-refractivity contribution in [1.82, 2.24) is 0 Å². The van der Waals surface area contributed by atoms with E-state index in [1.165, 1.54) is 88.8 Å². The Morgan fingerprint density at radius 2 is 0.620 bits per heavy atom. The Morgan fingerprint density at radius 3 is 1.06 bits per heavy atom. The quantitative estimate of drug-likeness (QED) is 0.135. The SMILES string of the molecule is CN(C)c1ccc(N(c2ccc(N(C)C)cc2)c2ccc3cc4c(cc3c2)C2(c3ccccc3-c3ccccc32)c2c-4ccc3cc(N(c4ccc(N(C)C)cc4)c4ccc(N(C)C)cc4)ccc23)cc1. The first-order valence-corrected chi connectivity index (χ1v) is 24.5. The highest BCUT2D eigenvalue weighted by Gasteiger charge is 2.52. The molecule has 0 fully saturated rings. The smallest absolute Gasteiger partial charge is 0.0731 e. The maximum Gasteiger partial charge on any atom is 0.0731 e. The van der Waals surface area contributed by atoms with Gasteiger partial charge in [-0.25, -0.2) is 0 Å². The number of rotatable bonds is 10. The summed E-state index contributed by atoms with van der Waals surface area (Å²) >= 11 is 0. The van der Waals surface area contributed by atoms with Gasteiger partial charge >= 0.3 is 0 Å². The topological polar surface area (TPSA) is 19.4 Å². The van der Waals surface area contributed by atoms with Gasteiger partial charge in [-0.1, -0.05) is 72.8 Å². The molecule has 348 valence electrons. The summed E-state index contributed by atoms with van der Waals surface area (Å²) in [6.45, 7) is 0. The first-order chi connectivity index (χ1) is 34.5. The molecule has 1 spiro atoms. The summed E-state index contributed by atoms with van der Waals surface area (Å²) in [5.41, 5.74) is 21.3. The van der Waals surface area contributed by atoms with Gasteiger partial charge in [0.25, 0.3) is 0 Å². The van der Waals surface area contributed by atoms with Crippen molar-refractivity contribution < 1.29 is 0 Å². The van der Waals surface area contributed by atoms with E-state index in [9.17, 15) is 0 Å². The van der Waals surface area contributed by atoms with Crippen LogP contribution in [0.3, 0.4) is 0 Å². The van der Waals surface area contributed by atoms with Crippen molar-refractivity contribution in [3.8, 4) is 22.3 Å². The van der Waals surface area contributed by atoms with Crippen LogP contribution in [0.5, 0.6) is 0 Å². The van der Waals surface area contributed by atoms with E-state index in [4.69, 9.17) is 0 Å². The lowest BCUT2D eigenvalue weighted by atomic mass is 9.69. The van der Waals surface area contributed by atoms with Crippen LogP contribution in [-0.2, 0) is 5.41 Å². The van der Waals surface area contributed by atoms with Crippen molar-refractivity contribution in [2.75, 3.05) is 85.8 Å². The summed E-state index contributed by atoms with van der Waals surface area (Å²) < 4.78 is 0. The maximum atomic E-state index is 2.52. The molecule has 0 unspecified atom stereocenters. The van der Waals surface area contributed by atoms with E-state index in [1.807, 2.05) is 0 Å². The predicted molar refractivity (Wildman–Crippen MR) is 304 cm³/mol. The largest absolute Gasteiger partial charge is 0.378 e. The second kappa shape index (κ2) is 16.9. The highest BCUT2D eigenvalue weighted by molar-refractivity contribution is 6.07. The van der Waals surface area contributed by atoms with Crippen LogP contribution in [0.1, 0.15) is 22.3 Å². The van der Waals surface area contributed by atoms with Crippen molar-refractivity contribution in [3.63, 3.8) is 0 Å². The summed E-state index contributed by atoms with van der Waals surface area (Å²) in [4.78, 5) is 13.4. The van der Waals surface area contributed by atoms with Crippen LogP contribution in [0.15, 0.2) is 206 Å². The third-order valence-corrected chi connectivity index (χ3v) is 15.0. The zero-order valence-electron chi connectivity index (χ0n) is 41.8. The average Bonchev–Trinajstić information content (AvgIpc) is 3.86. The van der Waals surface area contributed by atoms with E-state index in [2.05, 4.69) is 292 Å². The fraction of sp³-hybridized carbons (Fsp3) is 0.138. The van der Waals surface area contributed by atoms with Crippen molar-refractivity contribution in [2.24, 2.45) is 0 Å². The van der Waals surface area contributed by atoms with E-state index in [0.29, 0.717) is 0 Å². The molecule has 0 amide bonds. The van der Waals surface area contributed by atoms with E-state index in [0.717, 1.165) is 34.1 Å². The molecule has 2 aliphatic carbocycles. The van der Waals surface area contributed by atoms with Crippen LogP contribution < -0.4 is 29.4 Å². The molecule has 6 nitrogen and oxygen atoms in total. The van der Waals surface area contributed by atoms with Crippen molar-refractivity contribution in [1.29, 1.82) is 0 Å². The fourth-order valence-electron chi connectivity index (χ4n) is 11.5. The molecule has 0 atom stereocenters. The van der Waals surface area contributed by atoms with Crippen molar-refractivity contribution >= 4 is 78.4 Å². The normalized spacial score (nSPS) is 12.6. The molecule has 10 aromatic rings. The Hall–Kier alpha value is -8.48. The van der Waals surface area contributed by atoms with Gasteiger partial charge in [0.2, 0.25) is 0 Å². The van der Waals surface area contributed by atoms with Gasteiger partial charge in [-0.2, -0.15) is 0 Å². The lowest BCUT2D eigenvalue weighted by Gasteiger charge is -2.32. The zero-order chi connectivity index (χ0) is 48.7. The number of nitrogens with zero attached hydrogens (tertiary/aromatic N) is 6. The molecule has 6 heteroatoms. The first-order valence-electron chi connectivity index (χ1n) is 24.5. The van der Waals surface area contributed by atoms with Crippen molar-refractivity contribution in [3.05, 3.63) is 229 Å². The number of benzene rings is 10. The van der Waals surface area contributed by atoms with Crippen LogP contribution in [-0.4, -0.2) is 56.4 Å². The lowest BCUT2D eigenvalue weighted by molar-refractivity contribution is 0.802. The van der Waals surface area contributed by atoms with Crippen molar-refractivity contribution in [2.45, 2.75) is 5.41 Å². The third kappa shape index (κ3) is 6.99. The summed E-state index contributed by atoms with van der Waals surface area (Å²) in [5.74, 6) is 0. The van der Waals surface area contributed by atoms with Gasteiger partial charge in [-0.15, -0.1) is 0 Å². The third-order valence-electron chi connectivity index (χ3n) is 15.0. The molecule has 0 bridgehead atoms. The molecular formula is C65H58N6. The molecule has 10 aromatic carbocycles. The molecule has 71 heavy (non-hydrogen) atoms. The van der Waals surface area contributed by atoms with Crippen LogP contribution in [0.2, 0.25) is 0 Å². The molecule has 0 radical (unpaired) electrons. The average molecular weight is 923 g/mol. The van der Waals surface area contributed by atoms with E-state index >= 15 is 0 Å². The maximum absolute atomic E-state index is 2.52. The van der Waals surface area contributed by atoms with Gasteiger partial charge in [-0.05, 0) is 200 Å². The number of hydrogen-bond donors (Lipinski definition) is 0. The molecule has 2 aliphatic rings. The van der Waals surface area contributed by atoms with Crippen LogP contribution in [0, 0.1) is 0 Å². The van der Waals surface area contributed by atoms with Gasteiger partial charge in [0.1, 0.15) is 0 Å². The van der Waals surface area contributed by atoms with E-state index < -0.39 is 5.41 Å². The molecule has 0 aromatic heterocycles. The molecule has 12 rings (SSSR count). The van der Waals surface area contributed by atoms with Crippen LogP contribution >= 0.6 is 0 Å². The van der Waals surface area contributed by atoms with Gasteiger partial charge in [-0.3, -0.25) is 0 Å². The summed E-state index contributed by atoms with van der Waals surface area (Å²) in [5, 5.41) is 4.89. The van der Waals surface area contributed by atoms with E-state index in [1.54, 1.807) is 0 Å². The molecule has 0 aliphatic heterocycles. The molecule has 0 saturated heterocycles. The van der Waals surface area contributed by atoms with Crippen LogP contribution in [0.25, 0.3) is 43.8 Å². The Kier molecular flexibility index (Phi) is 10.4. The van der Waals surface area contributed by atoms with Gasteiger partial charge in [0, 0.05) is 113 Å². The minimum Gasteiger partial charge on any atom is -0.378 e. The molecule has 0 heterocycles. The highest BCUT2D eigenvalue weighted by atomic mass is 15.2. The molecule has 0 N–H and O–H groups in total. The second-order valence-corrected chi connectivity index (χ2v) is 20.0. The minimum absolute atomic E-state index is 0.545. The Labute approximate surface area is 418 Å². The second-order valence-electron chi connectivity index (χ2n) is 20.0. The first kappa shape index (κ1) is 43.8. The number of anilines is 10. The molecule has 0 saturated carbocycles. The number of hydrogen-bond acceptors (Lipinski definition) is 6. The predicted octanol–water partition coefficient (Wildman–Crippen LogP) is 15.5. The summed E-state index contributed by atoms with van der Waals surface area (Å²) in [6.07, 6.45) is 0.